The van der Waals surface area contributed by atoms with Crippen LogP contribution in [0.25, 0.3) is 0 Å². The van der Waals surface area contributed by atoms with Crippen molar-refractivity contribution >= 4 is 5.69 Å². The second-order valence-corrected chi connectivity index (χ2v) is 6.85. The van der Waals surface area contributed by atoms with E-state index in [1.807, 2.05) is 0 Å². The van der Waals surface area contributed by atoms with E-state index < -0.39 is 0 Å². The van der Waals surface area contributed by atoms with Crippen molar-refractivity contribution in [1.29, 1.82) is 0 Å². The first-order valence-electron chi connectivity index (χ1n) is 8.06. The van der Waals surface area contributed by atoms with Gasteiger partial charge in [0.25, 0.3) is 0 Å². The average molecular weight is 271 g/mol. The van der Waals surface area contributed by atoms with Gasteiger partial charge in [0.15, 0.2) is 0 Å². The summed E-state index contributed by atoms with van der Waals surface area (Å²) in [6.45, 7) is 2.52. The summed E-state index contributed by atoms with van der Waals surface area (Å²) >= 11 is 0. The molecule has 3 unspecified atom stereocenters. The zero-order chi connectivity index (χ0) is 13.7. The largest absolute Gasteiger partial charge is 0.399 e. The smallest absolute Gasteiger partial charge is 0.0354 e. The molecule has 2 bridgehead atoms. The number of nitrogen functional groups attached to an aromatic ring is 1. The van der Waals surface area contributed by atoms with Crippen molar-refractivity contribution in [2.45, 2.75) is 50.2 Å². The average Bonchev–Trinajstić information content (AvgIpc) is 2.92. The first-order chi connectivity index (χ1) is 9.72. The maximum Gasteiger partial charge on any atom is 0.0354 e. The Bertz CT molecular complexity index is 513. The van der Waals surface area contributed by atoms with E-state index in [-0.39, 0.29) is 0 Å². The summed E-state index contributed by atoms with van der Waals surface area (Å²) in [5, 5.41) is 0. The molecule has 4 rings (SSSR count). The number of likely N-dealkylation sites (N-methyl/N-ethyl adjacent to an activating group) is 1. The van der Waals surface area contributed by atoms with E-state index >= 15 is 0 Å². The van der Waals surface area contributed by atoms with E-state index in [0.29, 0.717) is 6.04 Å². The first-order valence-corrected chi connectivity index (χ1v) is 8.06. The summed E-state index contributed by atoms with van der Waals surface area (Å²) < 4.78 is 0. The number of nitrogens with zero attached hydrogens (tertiary/aromatic N) is 2. The summed E-state index contributed by atoms with van der Waals surface area (Å²) in [6, 6.07) is 8.78. The Morgan fingerprint density at radius 1 is 1.10 bits per heavy atom. The molecule has 108 valence electrons. The van der Waals surface area contributed by atoms with Crippen LogP contribution >= 0.6 is 0 Å². The van der Waals surface area contributed by atoms with Gasteiger partial charge in [-0.15, -0.1) is 0 Å². The Kier molecular flexibility index (Phi) is 3.00. The van der Waals surface area contributed by atoms with Crippen molar-refractivity contribution in [2.75, 3.05) is 25.9 Å². The number of fused-ring (bicyclic) bond motifs is 3. The molecular formula is C17H25N3. The van der Waals surface area contributed by atoms with Gasteiger partial charge in [-0.25, -0.2) is 0 Å². The molecule has 1 aromatic carbocycles. The fourth-order valence-electron chi connectivity index (χ4n) is 4.61. The van der Waals surface area contributed by atoms with Crippen molar-refractivity contribution in [3.63, 3.8) is 0 Å². The summed E-state index contributed by atoms with van der Waals surface area (Å²) in [5.74, 6) is 0. The summed E-state index contributed by atoms with van der Waals surface area (Å²) in [4.78, 5) is 5.39. The van der Waals surface area contributed by atoms with Crippen molar-refractivity contribution in [3.05, 3.63) is 29.3 Å². The van der Waals surface area contributed by atoms with Crippen molar-refractivity contribution in [2.24, 2.45) is 0 Å². The van der Waals surface area contributed by atoms with Crippen LogP contribution < -0.4 is 5.73 Å². The Morgan fingerprint density at radius 3 is 2.85 bits per heavy atom. The lowest BCUT2D eigenvalue weighted by Gasteiger charge is -2.31. The highest BCUT2D eigenvalue weighted by molar-refractivity contribution is 5.47. The molecule has 3 atom stereocenters. The van der Waals surface area contributed by atoms with Crippen LogP contribution in [0, 0.1) is 0 Å². The molecule has 2 heterocycles. The van der Waals surface area contributed by atoms with Crippen LogP contribution in [0.4, 0.5) is 5.69 Å². The van der Waals surface area contributed by atoms with Crippen LogP contribution in [-0.4, -0.2) is 42.0 Å². The molecule has 1 aromatic rings. The Labute approximate surface area is 121 Å². The predicted octanol–water partition coefficient (Wildman–Crippen LogP) is 2.42. The highest BCUT2D eigenvalue weighted by Crippen LogP contribution is 2.39. The van der Waals surface area contributed by atoms with Gasteiger partial charge < -0.3 is 5.73 Å². The number of rotatable bonds is 1. The van der Waals surface area contributed by atoms with Gasteiger partial charge in [-0.3, -0.25) is 9.80 Å². The van der Waals surface area contributed by atoms with Gasteiger partial charge in [-0.05, 0) is 62.4 Å². The third-order valence-corrected chi connectivity index (χ3v) is 5.83. The molecule has 0 aromatic heterocycles. The highest BCUT2D eigenvalue weighted by atomic mass is 15.3. The highest BCUT2D eigenvalue weighted by Gasteiger charge is 2.38. The van der Waals surface area contributed by atoms with E-state index in [0.717, 1.165) is 17.8 Å². The summed E-state index contributed by atoms with van der Waals surface area (Å²) in [7, 11) is 2.33. The quantitative estimate of drug-likeness (QED) is 0.796. The van der Waals surface area contributed by atoms with Crippen LogP contribution in [0.15, 0.2) is 18.2 Å². The molecule has 2 aliphatic heterocycles. The minimum absolute atomic E-state index is 0.637. The van der Waals surface area contributed by atoms with Gasteiger partial charge in [-0.2, -0.15) is 0 Å². The summed E-state index contributed by atoms with van der Waals surface area (Å²) in [5.41, 5.74) is 9.87. The molecule has 20 heavy (non-hydrogen) atoms. The lowest BCUT2D eigenvalue weighted by Crippen LogP contribution is -2.37. The third kappa shape index (κ3) is 1.95. The number of aryl methyl sites for hydroxylation is 1. The number of likely N-dealkylation sites (tertiary alicyclic amines) is 1. The van der Waals surface area contributed by atoms with E-state index in [1.165, 1.54) is 50.8 Å². The molecule has 2 N–H and O–H groups in total. The lowest BCUT2D eigenvalue weighted by molar-refractivity contribution is 0.171. The zero-order valence-electron chi connectivity index (χ0n) is 12.4. The van der Waals surface area contributed by atoms with Gasteiger partial charge in [0.05, 0.1) is 0 Å². The van der Waals surface area contributed by atoms with Crippen LogP contribution in [0.3, 0.4) is 0 Å². The molecule has 3 aliphatic rings. The number of anilines is 1. The third-order valence-electron chi connectivity index (χ3n) is 5.83. The maximum absolute atomic E-state index is 5.93. The van der Waals surface area contributed by atoms with Crippen LogP contribution in [0.1, 0.15) is 42.9 Å². The van der Waals surface area contributed by atoms with Gasteiger partial charge >= 0.3 is 0 Å². The molecule has 2 saturated heterocycles. The van der Waals surface area contributed by atoms with Gasteiger partial charge in [0, 0.05) is 36.9 Å². The standard InChI is InChI=1S/C17H25N3/c1-19-14-4-5-15(19)11-20(9-8-14)17-7-2-12-10-13(18)3-6-16(12)17/h3,6,10,14-15,17H,2,4-5,7-9,11,18H2,1H3. The fourth-order valence-corrected chi connectivity index (χ4v) is 4.61. The van der Waals surface area contributed by atoms with Crippen LogP contribution in [0.5, 0.6) is 0 Å². The molecule has 0 radical (unpaired) electrons. The molecule has 3 heteroatoms. The normalized spacial score (nSPS) is 34.1. The number of benzene rings is 1. The van der Waals surface area contributed by atoms with Crippen LogP contribution in [0.2, 0.25) is 0 Å². The Balaban J connectivity index is 1.58. The molecule has 3 nitrogen and oxygen atoms in total. The van der Waals surface area contributed by atoms with Gasteiger partial charge in [0.2, 0.25) is 0 Å². The van der Waals surface area contributed by atoms with Crippen molar-refractivity contribution in [1.82, 2.24) is 9.80 Å². The Morgan fingerprint density at radius 2 is 1.95 bits per heavy atom. The van der Waals surface area contributed by atoms with Crippen LogP contribution in [-0.2, 0) is 6.42 Å². The monoisotopic (exact) mass is 271 g/mol. The van der Waals surface area contributed by atoms with E-state index in [2.05, 4.69) is 35.0 Å². The number of nitrogens with two attached hydrogens (primary N) is 1. The minimum Gasteiger partial charge on any atom is -0.399 e. The Hall–Kier alpha value is -1.06. The molecule has 2 fully saturated rings. The lowest BCUT2D eigenvalue weighted by atomic mass is 10.0. The maximum atomic E-state index is 5.93. The topological polar surface area (TPSA) is 32.5 Å². The molecule has 1 aliphatic carbocycles. The minimum atomic E-state index is 0.637. The zero-order valence-corrected chi connectivity index (χ0v) is 12.4. The second-order valence-electron chi connectivity index (χ2n) is 6.85. The van der Waals surface area contributed by atoms with Gasteiger partial charge in [0.1, 0.15) is 0 Å². The molecular weight excluding hydrogens is 246 g/mol. The van der Waals surface area contributed by atoms with E-state index in [9.17, 15) is 0 Å². The van der Waals surface area contributed by atoms with Crippen molar-refractivity contribution < 1.29 is 0 Å². The number of hydrogen-bond donors (Lipinski definition) is 1. The summed E-state index contributed by atoms with van der Waals surface area (Å²) in [6.07, 6.45) is 6.62. The van der Waals surface area contributed by atoms with Gasteiger partial charge in [-0.1, -0.05) is 6.07 Å². The SMILES string of the molecule is CN1C2CCC1CN(C1CCc3cc(N)ccc31)CC2. The molecule has 0 saturated carbocycles. The second kappa shape index (κ2) is 4.74. The van der Waals surface area contributed by atoms with E-state index in [1.54, 1.807) is 5.56 Å². The molecule has 0 amide bonds. The molecule has 0 spiro atoms. The first kappa shape index (κ1) is 12.7. The fraction of sp³-hybridized carbons (Fsp3) is 0.647. The van der Waals surface area contributed by atoms with Crippen molar-refractivity contribution in [3.8, 4) is 0 Å². The number of hydrogen-bond acceptors (Lipinski definition) is 3. The van der Waals surface area contributed by atoms with E-state index in [4.69, 9.17) is 5.73 Å². The predicted molar refractivity (Wildman–Crippen MR) is 82.7 cm³/mol.